The standard InChI is InChI=1S/C19H24NO2.HI/c1-13(2)16-9-6-10-17(14(3)4)18(16)22-19(21)15-8-7-11-20(5)12-15;/h6-14H,1-5H3;1H/q+1;/p-1. The minimum atomic E-state index is -0.314. The Bertz CT molecular complexity index is 655. The molecule has 0 fully saturated rings. The minimum absolute atomic E-state index is 0. The molecule has 1 aromatic carbocycles. The van der Waals surface area contributed by atoms with Gasteiger partial charge in [0, 0.05) is 6.07 Å². The SMILES string of the molecule is CC(C)c1cccc(C(C)C)c1OC(=O)c1ccc[n+](C)c1.[I-]. The van der Waals surface area contributed by atoms with Crippen LogP contribution in [0, 0.1) is 0 Å². The predicted octanol–water partition coefficient (Wildman–Crippen LogP) is 0.981. The number of halogens is 1. The van der Waals surface area contributed by atoms with Gasteiger partial charge in [-0.15, -0.1) is 0 Å². The third-order valence-electron chi connectivity index (χ3n) is 3.69. The highest BCUT2D eigenvalue weighted by Gasteiger charge is 2.20. The molecule has 0 aliphatic carbocycles. The Kier molecular flexibility index (Phi) is 7.19. The Hall–Kier alpha value is -1.43. The number of rotatable bonds is 4. The van der Waals surface area contributed by atoms with Crippen molar-refractivity contribution in [3.63, 3.8) is 0 Å². The van der Waals surface area contributed by atoms with Crippen molar-refractivity contribution in [2.24, 2.45) is 7.05 Å². The van der Waals surface area contributed by atoms with Gasteiger partial charge in [0.1, 0.15) is 18.4 Å². The molecule has 124 valence electrons. The number of aryl methyl sites for hydroxylation is 1. The van der Waals surface area contributed by atoms with Gasteiger partial charge in [0.2, 0.25) is 0 Å². The number of benzene rings is 1. The number of nitrogens with zero attached hydrogens (tertiary/aromatic N) is 1. The number of hydrogen-bond acceptors (Lipinski definition) is 2. The van der Waals surface area contributed by atoms with E-state index in [1.807, 2.05) is 42.1 Å². The molecule has 0 bridgehead atoms. The highest BCUT2D eigenvalue weighted by molar-refractivity contribution is 5.90. The van der Waals surface area contributed by atoms with Crippen molar-refractivity contribution in [3.8, 4) is 5.75 Å². The van der Waals surface area contributed by atoms with Crippen molar-refractivity contribution in [1.82, 2.24) is 0 Å². The molecule has 1 aromatic heterocycles. The van der Waals surface area contributed by atoms with E-state index in [0.29, 0.717) is 23.1 Å². The van der Waals surface area contributed by atoms with E-state index >= 15 is 0 Å². The Morgan fingerprint density at radius 3 is 2.04 bits per heavy atom. The fraction of sp³-hybridized carbons (Fsp3) is 0.368. The molecule has 0 saturated heterocycles. The summed E-state index contributed by atoms with van der Waals surface area (Å²) in [5.41, 5.74) is 2.69. The third-order valence-corrected chi connectivity index (χ3v) is 3.69. The Labute approximate surface area is 155 Å². The van der Waals surface area contributed by atoms with Gasteiger partial charge < -0.3 is 28.7 Å². The minimum Gasteiger partial charge on any atom is -1.00 e. The zero-order valence-corrected chi connectivity index (χ0v) is 16.5. The maximum absolute atomic E-state index is 12.5. The summed E-state index contributed by atoms with van der Waals surface area (Å²) in [6, 6.07) is 9.71. The summed E-state index contributed by atoms with van der Waals surface area (Å²) in [6.07, 6.45) is 3.66. The van der Waals surface area contributed by atoms with Crippen molar-refractivity contribution in [2.45, 2.75) is 39.5 Å². The summed E-state index contributed by atoms with van der Waals surface area (Å²) in [7, 11) is 1.89. The van der Waals surface area contributed by atoms with Gasteiger partial charge in [-0.2, -0.15) is 0 Å². The van der Waals surface area contributed by atoms with E-state index in [0.717, 1.165) is 11.1 Å². The second-order valence-corrected chi connectivity index (χ2v) is 6.22. The molecule has 0 radical (unpaired) electrons. The summed E-state index contributed by atoms with van der Waals surface area (Å²) < 4.78 is 7.63. The van der Waals surface area contributed by atoms with E-state index in [4.69, 9.17) is 4.74 Å². The van der Waals surface area contributed by atoms with Crippen molar-refractivity contribution >= 4 is 5.97 Å². The fourth-order valence-corrected chi connectivity index (χ4v) is 2.46. The van der Waals surface area contributed by atoms with Crippen molar-refractivity contribution < 1.29 is 38.1 Å². The van der Waals surface area contributed by atoms with Crippen LogP contribution in [0.25, 0.3) is 0 Å². The second-order valence-electron chi connectivity index (χ2n) is 6.22. The van der Waals surface area contributed by atoms with Crippen LogP contribution in [0.4, 0.5) is 0 Å². The van der Waals surface area contributed by atoms with E-state index in [2.05, 4.69) is 27.7 Å². The van der Waals surface area contributed by atoms with Gasteiger partial charge in [-0.25, -0.2) is 9.36 Å². The van der Waals surface area contributed by atoms with Crippen LogP contribution in [0.1, 0.15) is 61.0 Å². The first-order valence-electron chi connectivity index (χ1n) is 7.70. The Balaban J connectivity index is 0.00000264. The number of carbonyl (C=O) groups is 1. The average molecular weight is 425 g/mol. The number of ether oxygens (including phenoxy) is 1. The third kappa shape index (κ3) is 4.77. The molecular weight excluding hydrogens is 401 g/mol. The van der Waals surface area contributed by atoms with E-state index in [-0.39, 0.29) is 29.9 Å². The van der Waals surface area contributed by atoms with Crippen LogP contribution >= 0.6 is 0 Å². The molecule has 2 aromatic rings. The summed E-state index contributed by atoms with van der Waals surface area (Å²) >= 11 is 0. The second kappa shape index (κ2) is 8.43. The van der Waals surface area contributed by atoms with Crippen LogP contribution in [-0.4, -0.2) is 5.97 Å². The van der Waals surface area contributed by atoms with Crippen LogP contribution in [0.2, 0.25) is 0 Å². The van der Waals surface area contributed by atoms with Crippen LogP contribution in [0.3, 0.4) is 0 Å². The first-order chi connectivity index (χ1) is 10.4. The molecule has 0 N–H and O–H groups in total. The molecule has 1 heterocycles. The molecule has 0 amide bonds. The Morgan fingerprint density at radius 2 is 1.57 bits per heavy atom. The van der Waals surface area contributed by atoms with Crippen LogP contribution in [0.15, 0.2) is 42.7 Å². The van der Waals surface area contributed by atoms with Crippen molar-refractivity contribution in [1.29, 1.82) is 0 Å². The van der Waals surface area contributed by atoms with Gasteiger partial charge >= 0.3 is 5.97 Å². The lowest BCUT2D eigenvalue weighted by atomic mass is 9.94. The number of pyridine rings is 1. The van der Waals surface area contributed by atoms with E-state index in [9.17, 15) is 4.79 Å². The van der Waals surface area contributed by atoms with E-state index < -0.39 is 0 Å². The molecule has 0 aliphatic rings. The average Bonchev–Trinajstić information content (AvgIpc) is 2.46. The normalized spacial score (nSPS) is 10.6. The zero-order valence-electron chi connectivity index (χ0n) is 14.3. The van der Waals surface area contributed by atoms with Gasteiger partial charge in [0.15, 0.2) is 12.4 Å². The quantitative estimate of drug-likeness (QED) is 0.317. The predicted molar refractivity (Wildman–Crippen MR) is 87.2 cm³/mol. The first kappa shape index (κ1) is 19.6. The zero-order chi connectivity index (χ0) is 16.3. The molecule has 23 heavy (non-hydrogen) atoms. The lowest BCUT2D eigenvalue weighted by Crippen LogP contribution is -3.00. The summed E-state index contributed by atoms with van der Waals surface area (Å²) in [6.45, 7) is 8.44. The van der Waals surface area contributed by atoms with Gasteiger partial charge in [0.05, 0.1) is 0 Å². The molecule has 0 unspecified atom stereocenters. The topological polar surface area (TPSA) is 30.2 Å². The number of hydrogen-bond donors (Lipinski definition) is 0. The monoisotopic (exact) mass is 425 g/mol. The smallest absolute Gasteiger partial charge is 0.349 e. The summed E-state index contributed by atoms with van der Waals surface area (Å²) in [5.74, 6) is 0.997. The van der Waals surface area contributed by atoms with Gasteiger partial charge in [-0.3, -0.25) is 0 Å². The van der Waals surface area contributed by atoms with Crippen LogP contribution in [-0.2, 0) is 7.05 Å². The highest BCUT2D eigenvalue weighted by Crippen LogP contribution is 2.34. The van der Waals surface area contributed by atoms with Crippen molar-refractivity contribution in [3.05, 3.63) is 59.4 Å². The number of carbonyl (C=O) groups excluding carboxylic acids is 1. The molecule has 0 aliphatic heterocycles. The molecule has 0 atom stereocenters. The summed E-state index contributed by atoms with van der Waals surface area (Å²) in [5, 5.41) is 0. The van der Waals surface area contributed by atoms with Gasteiger partial charge in [-0.05, 0) is 29.0 Å². The van der Waals surface area contributed by atoms with Crippen molar-refractivity contribution in [2.75, 3.05) is 0 Å². The molecular formula is C19H24INO2. The lowest BCUT2D eigenvalue weighted by molar-refractivity contribution is -0.671. The Morgan fingerprint density at radius 1 is 1.00 bits per heavy atom. The highest BCUT2D eigenvalue weighted by atomic mass is 127. The molecule has 0 spiro atoms. The molecule has 4 heteroatoms. The lowest BCUT2D eigenvalue weighted by Gasteiger charge is -2.18. The van der Waals surface area contributed by atoms with Gasteiger partial charge in [-0.1, -0.05) is 45.9 Å². The fourth-order valence-electron chi connectivity index (χ4n) is 2.46. The van der Waals surface area contributed by atoms with E-state index in [1.54, 1.807) is 12.3 Å². The largest absolute Gasteiger partial charge is 1.00 e. The van der Waals surface area contributed by atoms with Crippen LogP contribution < -0.4 is 33.3 Å². The number of esters is 1. The molecule has 2 rings (SSSR count). The molecule has 3 nitrogen and oxygen atoms in total. The maximum Gasteiger partial charge on any atom is 0.349 e. The van der Waals surface area contributed by atoms with Crippen LogP contribution in [0.5, 0.6) is 5.75 Å². The molecule has 0 saturated carbocycles. The maximum atomic E-state index is 12.5. The van der Waals surface area contributed by atoms with Gasteiger partial charge in [0.25, 0.3) is 0 Å². The number of aromatic nitrogens is 1. The summed E-state index contributed by atoms with van der Waals surface area (Å²) in [4.78, 5) is 12.5. The van der Waals surface area contributed by atoms with E-state index in [1.165, 1.54) is 0 Å². The number of para-hydroxylation sites is 1. The first-order valence-corrected chi connectivity index (χ1v) is 7.70.